The van der Waals surface area contributed by atoms with E-state index in [9.17, 15) is 4.79 Å². The molecule has 1 saturated heterocycles. The number of nitrogens with zero attached hydrogens (tertiary/aromatic N) is 2. The van der Waals surface area contributed by atoms with Gasteiger partial charge in [0, 0.05) is 38.8 Å². The van der Waals surface area contributed by atoms with E-state index in [0.29, 0.717) is 5.92 Å². The van der Waals surface area contributed by atoms with Crippen molar-refractivity contribution >= 4 is 12.0 Å². The van der Waals surface area contributed by atoms with Crippen molar-refractivity contribution in [1.29, 1.82) is 0 Å². The van der Waals surface area contributed by atoms with Gasteiger partial charge in [-0.2, -0.15) is 0 Å². The predicted molar refractivity (Wildman–Crippen MR) is 121 cm³/mol. The van der Waals surface area contributed by atoms with Gasteiger partial charge < -0.3 is 10.2 Å². The molecule has 2 aromatic rings. The number of hydrogen-bond acceptors (Lipinski definition) is 3. The molecule has 0 bridgehead atoms. The molecule has 0 radical (unpaired) electrons. The summed E-state index contributed by atoms with van der Waals surface area (Å²) in [6, 6.07) is 18.6. The van der Waals surface area contributed by atoms with Crippen LogP contribution in [0.3, 0.4) is 0 Å². The van der Waals surface area contributed by atoms with E-state index in [1.54, 1.807) is 6.08 Å². The van der Waals surface area contributed by atoms with Gasteiger partial charge in [0.15, 0.2) is 0 Å². The third-order valence-electron chi connectivity index (χ3n) is 5.59. The summed E-state index contributed by atoms with van der Waals surface area (Å²) in [5.41, 5.74) is 3.50. The Kier molecular flexibility index (Phi) is 7.62. The molecule has 1 heterocycles. The Bertz CT molecular complexity index is 791. The number of rotatable bonds is 7. The van der Waals surface area contributed by atoms with E-state index in [-0.39, 0.29) is 11.9 Å². The zero-order chi connectivity index (χ0) is 20.6. The summed E-state index contributed by atoms with van der Waals surface area (Å²) in [5.74, 6) is 0.457. The summed E-state index contributed by atoms with van der Waals surface area (Å²) in [7, 11) is 2.16. The van der Waals surface area contributed by atoms with Crippen LogP contribution in [-0.2, 0) is 4.79 Å². The predicted octanol–water partition coefficient (Wildman–Crippen LogP) is 3.93. The third kappa shape index (κ3) is 6.55. The standard InChI is InChI=1S/C25H33N3O/c1-20(2)22-12-9-21(10-13-22)11-14-25(29)26-24(23-7-5-4-6-8-23)19-28-17-15-27(3)16-18-28/h4-14,20,24H,15-19H2,1-3H3,(H,26,29)/b14-11+. The van der Waals surface area contributed by atoms with E-state index >= 15 is 0 Å². The smallest absolute Gasteiger partial charge is 0.244 e. The molecule has 2 aromatic carbocycles. The van der Waals surface area contributed by atoms with Crippen LogP contribution >= 0.6 is 0 Å². The van der Waals surface area contributed by atoms with Crippen LogP contribution in [0.15, 0.2) is 60.7 Å². The van der Waals surface area contributed by atoms with Crippen LogP contribution in [0, 0.1) is 0 Å². The number of carbonyl (C=O) groups excluding carboxylic acids is 1. The fourth-order valence-electron chi connectivity index (χ4n) is 3.59. The highest BCUT2D eigenvalue weighted by Crippen LogP contribution is 2.17. The maximum absolute atomic E-state index is 12.6. The molecule has 1 aliphatic heterocycles. The van der Waals surface area contributed by atoms with E-state index in [2.05, 4.69) is 72.4 Å². The molecule has 1 amide bonds. The maximum atomic E-state index is 12.6. The molecular weight excluding hydrogens is 358 g/mol. The van der Waals surface area contributed by atoms with Gasteiger partial charge in [0.2, 0.25) is 5.91 Å². The lowest BCUT2D eigenvalue weighted by molar-refractivity contribution is -0.117. The van der Waals surface area contributed by atoms with Crippen molar-refractivity contribution in [3.05, 3.63) is 77.4 Å². The van der Waals surface area contributed by atoms with Gasteiger partial charge in [-0.05, 0) is 35.7 Å². The highest BCUT2D eigenvalue weighted by atomic mass is 16.1. The van der Waals surface area contributed by atoms with Crippen molar-refractivity contribution in [3.63, 3.8) is 0 Å². The molecule has 1 atom stereocenters. The number of piperazine rings is 1. The second kappa shape index (κ2) is 10.4. The van der Waals surface area contributed by atoms with Gasteiger partial charge in [0.05, 0.1) is 6.04 Å². The first-order valence-corrected chi connectivity index (χ1v) is 10.6. The van der Waals surface area contributed by atoms with Crippen molar-refractivity contribution < 1.29 is 4.79 Å². The largest absolute Gasteiger partial charge is 0.344 e. The van der Waals surface area contributed by atoms with Gasteiger partial charge in [0.25, 0.3) is 0 Å². The average Bonchev–Trinajstić information content (AvgIpc) is 2.74. The van der Waals surface area contributed by atoms with Crippen molar-refractivity contribution in [3.8, 4) is 0 Å². The molecule has 29 heavy (non-hydrogen) atoms. The maximum Gasteiger partial charge on any atom is 0.244 e. The van der Waals surface area contributed by atoms with Crippen LogP contribution < -0.4 is 5.32 Å². The van der Waals surface area contributed by atoms with Crippen molar-refractivity contribution in [2.45, 2.75) is 25.8 Å². The zero-order valence-electron chi connectivity index (χ0n) is 17.8. The summed E-state index contributed by atoms with van der Waals surface area (Å²) in [6.07, 6.45) is 3.53. The second-order valence-electron chi connectivity index (χ2n) is 8.23. The molecule has 4 nitrogen and oxygen atoms in total. The first-order chi connectivity index (χ1) is 14.0. The van der Waals surface area contributed by atoms with E-state index in [0.717, 1.165) is 43.9 Å². The van der Waals surface area contributed by atoms with Crippen LogP contribution in [0.4, 0.5) is 0 Å². The lowest BCUT2D eigenvalue weighted by Crippen LogP contribution is -2.47. The van der Waals surface area contributed by atoms with Crippen LogP contribution in [0.5, 0.6) is 0 Å². The molecule has 0 spiro atoms. The van der Waals surface area contributed by atoms with Gasteiger partial charge in [-0.3, -0.25) is 9.69 Å². The minimum atomic E-state index is -0.0547. The van der Waals surface area contributed by atoms with Crippen LogP contribution in [0.25, 0.3) is 6.08 Å². The lowest BCUT2D eigenvalue weighted by atomic mass is 10.0. The van der Waals surface area contributed by atoms with Gasteiger partial charge in [0.1, 0.15) is 0 Å². The molecule has 0 aliphatic carbocycles. The van der Waals surface area contributed by atoms with Crippen molar-refractivity contribution in [2.75, 3.05) is 39.8 Å². The fourth-order valence-corrected chi connectivity index (χ4v) is 3.59. The SMILES string of the molecule is CC(C)c1ccc(/C=C/C(=O)NC(CN2CCN(C)CC2)c2ccccc2)cc1. The van der Waals surface area contributed by atoms with Gasteiger partial charge in [-0.1, -0.05) is 68.4 Å². The molecule has 0 aromatic heterocycles. The Hall–Kier alpha value is -2.43. The Morgan fingerprint density at radius 1 is 0.966 bits per heavy atom. The van der Waals surface area contributed by atoms with Gasteiger partial charge in [-0.25, -0.2) is 0 Å². The Morgan fingerprint density at radius 2 is 1.62 bits per heavy atom. The first-order valence-electron chi connectivity index (χ1n) is 10.6. The number of benzene rings is 2. The molecule has 1 unspecified atom stereocenters. The highest BCUT2D eigenvalue weighted by molar-refractivity contribution is 5.92. The highest BCUT2D eigenvalue weighted by Gasteiger charge is 2.20. The summed E-state index contributed by atoms with van der Waals surface area (Å²) in [4.78, 5) is 17.4. The number of carbonyl (C=O) groups is 1. The molecule has 1 N–H and O–H groups in total. The van der Waals surface area contributed by atoms with Crippen molar-refractivity contribution in [2.24, 2.45) is 0 Å². The first kappa shape index (κ1) is 21.3. The van der Waals surface area contributed by atoms with Crippen LogP contribution in [-0.4, -0.2) is 55.5 Å². The summed E-state index contributed by atoms with van der Waals surface area (Å²) >= 11 is 0. The Labute approximate surface area is 175 Å². The monoisotopic (exact) mass is 391 g/mol. The molecule has 3 rings (SSSR count). The van der Waals surface area contributed by atoms with E-state index in [1.165, 1.54) is 5.56 Å². The lowest BCUT2D eigenvalue weighted by Gasteiger charge is -2.34. The summed E-state index contributed by atoms with van der Waals surface area (Å²) < 4.78 is 0. The number of amides is 1. The van der Waals surface area contributed by atoms with Crippen molar-refractivity contribution in [1.82, 2.24) is 15.1 Å². The van der Waals surface area contributed by atoms with E-state index < -0.39 is 0 Å². The number of hydrogen-bond donors (Lipinski definition) is 1. The zero-order valence-corrected chi connectivity index (χ0v) is 17.8. The summed E-state index contributed by atoms with van der Waals surface area (Å²) in [6.45, 7) is 9.41. The van der Waals surface area contributed by atoms with Crippen LogP contribution in [0.1, 0.15) is 42.5 Å². The van der Waals surface area contributed by atoms with E-state index in [1.807, 2.05) is 24.3 Å². The Balaban J connectivity index is 1.64. The minimum Gasteiger partial charge on any atom is -0.344 e. The molecular formula is C25H33N3O. The molecule has 1 aliphatic rings. The van der Waals surface area contributed by atoms with Gasteiger partial charge in [-0.15, -0.1) is 0 Å². The molecule has 4 heteroatoms. The minimum absolute atomic E-state index is 0.0138. The van der Waals surface area contributed by atoms with Crippen LogP contribution in [0.2, 0.25) is 0 Å². The third-order valence-corrected chi connectivity index (χ3v) is 5.59. The Morgan fingerprint density at radius 3 is 2.24 bits per heavy atom. The number of likely N-dealkylation sites (N-methyl/N-ethyl adjacent to an activating group) is 1. The average molecular weight is 392 g/mol. The van der Waals surface area contributed by atoms with E-state index in [4.69, 9.17) is 0 Å². The molecule has 1 fully saturated rings. The fraction of sp³-hybridized carbons (Fsp3) is 0.400. The molecule has 154 valence electrons. The normalized spacial score (nSPS) is 17.0. The second-order valence-corrected chi connectivity index (χ2v) is 8.23. The quantitative estimate of drug-likeness (QED) is 0.727. The topological polar surface area (TPSA) is 35.6 Å². The van der Waals surface area contributed by atoms with Gasteiger partial charge >= 0.3 is 0 Å². The number of nitrogens with one attached hydrogen (secondary N) is 1. The molecule has 0 saturated carbocycles. The summed E-state index contributed by atoms with van der Waals surface area (Å²) in [5, 5.41) is 3.21.